The summed E-state index contributed by atoms with van der Waals surface area (Å²) in [7, 11) is -1.51. The Morgan fingerprint density at radius 3 is 2.90 bits per heavy atom. The van der Waals surface area contributed by atoms with Gasteiger partial charge in [-0.1, -0.05) is 29.5 Å². The summed E-state index contributed by atoms with van der Waals surface area (Å²) in [4.78, 5) is 30.6. The Bertz CT molecular complexity index is 1220. The summed E-state index contributed by atoms with van der Waals surface area (Å²) in [6.45, 7) is 0.0255. The average Bonchev–Trinajstić information content (AvgIpc) is 3.36. The fourth-order valence-corrected chi connectivity index (χ4v) is 6.31. The molecule has 2 aliphatic heterocycles. The second kappa shape index (κ2) is 7.84. The van der Waals surface area contributed by atoms with Gasteiger partial charge in [0.1, 0.15) is 0 Å². The third-order valence-electron chi connectivity index (χ3n) is 5.44. The molecule has 1 saturated heterocycles. The van der Waals surface area contributed by atoms with Crippen molar-refractivity contribution in [3.8, 4) is 5.88 Å². The lowest BCUT2D eigenvalue weighted by molar-refractivity contribution is -0.131. The Morgan fingerprint density at radius 2 is 2.17 bits per heavy atom. The third kappa shape index (κ3) is 3.97. The Hall–Kier alpha value is -2.72. The quantitative estimate of drug-likeness (QED) is 0.753. The predicted octanol–water partition coefficient (Wildman–Crippen LogP) is 1.91. The monoisotopic (exact) mass is 447 g/mol. The lowest BCUT2D eigenvalue weighted by atomic mass is 10.1. The number of carbonyl (C=O) groups excluding carboxylic acids is 1. The van der Waals surface area contributed by atoms with Gasteiger partial charge in [-0.25, -0.2) is 8.42 Å². The van der Waals surface area contributed by atoms with Crippen molar-refractivity contribution < 1.29 is 18.3 Å². The zero-order chi connectivity index (χ0) is 21.5. The predicted molar refractivity (Wildman–Crippen MR) is 117 cm³/mol. The number of aromatic nitrogens is 1. The van der Waals surface area contributed by atoms with Crippen molar-refractivity contribution in [1.29, 1.82) is 0 Å². The van der Waals surface area contributed by atoms with Crippen molar-refractivity contribution in [3.05, 3.63) is 44.4 Å². The van der Waals surface area contributed by atoms with E-state index in [-0.39, 0.29) is 47.2 Å². The molecule has 1 fully saturated rings. The number of sulfone groups is 1. The van der Waals surface area contributed by atoms with E-state index in [9.17, 15) is 23.1 Å². The summed E-state index contributed by atoms with van der Waals surface area (Å²) in [5, 5.41) is 10.5. The molecule has 1 unspecified atom stereocenters. The number of amides is 1. The Kier molecular flexibility index (Phi) is 5.37. The summed E-state index contributed by atoms with van der Waals surface area (Å²) in [5.74, 6) is -0.384. The molecule has 1 aromatic carbocycles. The number of hydrogen-bond donors (Lipinski definition) is 1. The minimum atomic E-state index is -3.09. The van der Waals surface area contributed by atoms with E-state index in [0.29, 0.717) is 11.3 Å². The number of aromatic hydroxyl groups is 1. The zero-order valence-corrected chi connectivity index (χ0v) is 17.9. The van der Waals surface area contributed by atoms with Crippen LogP contribution in [-0.4, -0.2) is 59.7 Å². The molecular formula is C20H21N3O5S2. The third-order valence-corrected chi connectivity index (χ3v) is 8.10. The van der Waals surface area contributed by atoms with Gasteiger partial charge in [0.05, 0.1) is 22.1 Å². The first-order chi connectivity index (χ1) is 14.2. The average molecular weight is 448 g/mol. The molecule has 1 N–H and O–H groups in total. The number of para-hydroxylation sites is 1. The van der Waals surface area contributed by atoms with E-state index in [1.54, 1.807) is 19.3 Å². The van der Waals surface area contributed by atoms with Crippen LogP contribution in [0.25, 0.3) is 11.6 Å². The topological polar surface area (TPSA) is 109 Å². The summed E-state index contributed by atoms with van der Waals surface area (Å²) >= 11 is 0.903. The van der Waals surface area contributed by atoms with Gasteiger partial charge in [0, 0.05) is 43.4 Å². The van der Waals surface area contributed by atoms with Crippen LogP contribution < -0.4 is 4.87 Å². The molecule has 8 nitrogen and oxygen atoms in total. The van der Waals surface area contributed by atoms with Crippen LogP contribution in [0.2, 0.25) is 0 Å². The van der Waals surface area contributed by atoms with Gasteiger partial charge in [0.15, 0.2) is 9.84 Å². The van der Waals surface area contributed by atoms with Gasteiger partial charge in [-0.05, 0) is 18.6 Å². The molecule has 0 bridgehead atoms. The summed E-state index contributed by atoms with van der Waals surface area (Å²) in [6, 6.07) is 7.26. The maximum absolute atomic E-state index is 12.5. The van der Waals surface area contributed by atoms with Gasteiger partial charge in [-0.3, -0.25) is 19.1 Å². The van der Waals surface area contributed by atoms with E-state index in [4.69, 9.17) is 0 Å². The van der Waals surface area contributed by atoms with Crippen molar-refractivity contribution in [3.63, 3.8) is 0 Å². The smallest absolute Gasteiger partial charge is 0.310 e. The van der Waals surface area contributed by atoms with E-state index < -0.39 is 9.84 Å². The van der Waals surface area contributed by atoms with Crippen LogP contribution in [0, 0.1) is 0 Å². The van der Waals surface area contributed by atoms with Crippen molar-refractivity contribution in [2.75, 3.05) is 18.6 Å². The van der Waals surface area contributed by atoms with Crippen molar-refractivity contribution in [2.24, 2.45) is 4.99 Å². The first-order valence-electron chi connectivity index (χ1n) is 9.49. The Labute approximate surface area is 177 Å². The second-order valence-corrected chi connectivity index (χ2v) is 10.6. The fraction of sp³-hybridized carbons (Fsp3) is 0.350. The summed E-state index contributed by atoms with van der Waals surface area (Å²) in [6.07, 6.45) is 3.82. The molecule has 0 saturated carbocycles. The van der Waals surface area contributed by atoms with Crippen LogP contribution in [0.3, 0.4) is 0 Å². The van der Waals surface area contributed by atoms with Crippen LogP contribution in [0.15, 0.2) is 34.1 Å². The molecule has 0 spiro atoms. The highest BCUT2D eigenvalue weighted by molar-refractivity contribution is 7.91. The first-order valence-corrected chi connectivity index (χ1v) is 12.1. The zero-order valence-electron chi connectivity index (χ0n) is 16.3. The molecule has 1 aromatic heterocycles. The standard InChI is InChI=1S/C20H21N3O5S2/c1-22(14-7-9-30(27,28)12-14)18(24)6-8-23-19(25)17(29-20(23)26)10-13-11-21-16-5-3-2-4-15(13)16/h2-5,10-11,14,25H,6-9,12H2,1H3. The van der Waals surface area contributed by atoms with Gasteiger partial charge in [-0.2, -0.15) is 0 Å². The van der Waals surface area contributed by atoms with E-state index in [1.807, 2.05) is 24.3 Å². The van der Waals surface area contributed by atoms with E-state index >= 15 is 0 Å². The number of thiazole rings is 1. The van der Waals surface area contributed by atoms with Gasteiger partial charge >= 0.3 is 4.87 Å². The number of benzene rings is 1. The molecule has 10 heteroatoms. The van der Waals surface area contributed by atoms with Crippen LogP contribution in [0.4, 0.5) is 5.69 Å². The maximum atomic E-state index is 12.5. The highest BCUT2D eigenvalue weighted by Gasteiger charge is 2.32. The Balaban J connectivity index is 1.47. The molecule has 1 amide bonds. The van der Waals surface area contributed by atoms with E-state index in [2.05, 4.69) is 4.99 Å². The van der Waals surface area contributed by atoms with Gasteiger partial charge < -0.3 is 10.0 Å². The minimum absolute atomic E-state index is 0.00243. The van der Waals surface area contributed by atoms with Crippen molar-refractivity contribution in [2.45, 2.75) is 25.4 Å². The number of fused-ring (bicyclic) bond motifs is 1. The fourth-order valence-electron chi connectivity index (χ4n) is 3.67. The van der Waals surface area contributed by atoms with E-state index in [0.717, 1.165) is 28.2 Å². The minimum Gasteiger partial charge on any atom is -0.493 e. The second-order valence-electron chi connectivity index (χ2n) is 7.39. The SMILES string of the molecule is CN(C(=O)CCn1c(O)c(C=C2C=Nc3ccccc32)sc1=O)C1CCS(=O)(=O)C1. The number of carbonyl (C=O) groups is 1. The van der Waals surface area contributed by atoms with Crippen LogP contribution in [-0.2, 0) is 21.2 Å². The molecule has 3 heterocycles. The lowest BCUT2D eigenvalue weighted by Crippen LogP contribution is -2.38. The Morgan fingerprint density at radius 1 is 1.40 bits per heavy atom. The largest absolute Gasteiger partial charge is 0.493 e. The molecule has 0 aliphatic carbocycles. The first kappa shape index (κ1) is 20.5. The molecule has 0 radical (unpaired) electrons. The van der Waals surface area contributed by atoms with Crippen LogP contribution in [0.5, 0.6) is 5.88 Å². The van der Waals surface area contributed by atoms with Crippen molar-refractivity contribution >= 4 is 50.6 Å². The maximum Gasteiger partial charge on any atom is 0.310 e. The molecule has 1 atom stereocenters. The van der Waals surface area contributed by atoms with Gasteiger partial charge in [-0.15, -0.1) is 0 Å². The molecule has 4 rings (SSSR count). The summed E-state index contributed by atoms with van der Waals surface area (Å²) < 4.78 is 24.4. The molecule has 30 heavy (non-hydrogen) atoms. The number of allylic oxidation sites excluding steroid dienone is 1. The number of rotatable bonds is 5. The van der Waals surface area contributed by atoms with Gasteiger partial charge in [0.25, 0.3) is 0 Å². The summed E-state index contributed by atoms with van der Waals surface area (Å²) in [5.41, 5.74) is 2.55. The highest BCUT2D eigenvalue weighted by atomic mass is 32.2. The number of nitrogens with zero attached hydrogens (tertiary/aromatic N) is 3. The molecule has 158 valence electrons. The lowest BCUT2D eigenvalue weighted by Gasteiger charge is -2.23. The van der Waals surface area contributed by atoms with Crippen LogP contribution in [0.1, 0.15) is 23.3 Å². The van der Waals surface area contributed by atoms with Crippen LogP contribution >= 0.6 is 11.3 Å². The van der Waals surface area contributed by atoms with Gasteiger partial charge in [0.2, 0.25) is 11.8 Å². The van der Waals surface area contributed by atoms with E-state index in [1.165, 1.54) is 9.47 Å². The normalized spacial score (nSPS) is 20.6. The molecule has 2 aliphatic rings. The molecule has 2 aromatic rings. The van der Waals surface area contributed by atoms with Crippen molar-refractivity contribution in [1.82, 2.24) is 9.47 Å². The highest BCUT2D eigenvalue weighted by Crippen LogP contribution is 2.34. The number of aliphatic imine (C=N–C) groups is 1. The molecular weight excluding hydrogens is 426 g/mol. The number of hydrogen-bond acceptors (Lipinski definition) is 7.